The van der Waals surface area contributed by atoms with E-state index in [0.29, 0.717) is 0 Å². The minimum atomic E-state index is -0.367. The second kappa shape index (κ2) is 3.93. The van der Waals surface area contributed by atoms with E-state index in [4.69, 9.17) is 5.73 Å². The van der Waals surface area contributed by atoms with Crippen LogP contribution in [0.3, 0.4) is 0 Å². The average Bonchev–Trinajstić information content (AvgIpc) is 2.77. The van der Waals surface area contributed by atoms with Gasteiger partial charge in [-0.15, -0.1) is 11.3 Å². The highest BCUT2D eigenvalue weighted by atomic mass is 32.1. The van der Waals surface area contributed by atoms with Crippen LogP contribution in [-0.2, 0) is 12.0 Å². The van der Waals surface area contributed by atoms with Gasteiger partial charge in [0.05, 0.1) is 5.54 Å². The van der Waals surface area contributed by atoms with Gasteiger partial charge in [0.1, 0.15) is 5.01 Å². The summed E-state index contributed by atoms with van der Waals surface area (Å²) in [5.74, 6) is 0. The van der Waals surface area contributed by atoms with E-state index in [9.17, 15) is 0 Å². The van der Waals surface area contributed by atoms with Crippen molar-refractivity contribution in [1.29, 1.82) is 0 Å². The van der Waals surface area contributed by atoms with Crippen LogP contribution in [0.5, 0.6) is 0 Å². The molecule has 0 spiro atoms. The molecule has 1 aromatic heterocycles. The van der Waals surface area contributed by atoms with Gasteiger partial charge in [0.2, 0.25) is 0 Å². The Hall–Kier alpha value is -1.19. The summed E-state index contributed by atoms with van der Waals surface area (Å²) in [6.07, 6.45) is 5.20. The summed E-state index contributed by atoms with van der Waals surface area (Å²) in [7, 11) is 0. The molecule has 3 rings (SSSR count). The molecule has 17 heavy (non-hydrogen) atoms. The molecule has 88 valence electrons. The third kappa shape index (κ3) is 1.70. The summed E-state index contributed by atoms with van der Waals surface area (Å²) in [6, 6.07) is 8.52. The molecule has 0 aliphatic heterocycles. The number of hydrogen-bond donors (Lipinski definition) is 1. The Morgan fingerprint density at radius 2 is 2.18 bits per heavy atom. The first-order valence-corrected chi connectivity index (χ1v) is 6.82. The lowest BCUT2D eigenvalue weighted by molar-refractivity contribution is 0.441. The van der Waals surface area contributed by atoms with Crippen LogP contribution < -0.4 is 5.73 Å². The highest BCUT2D eigenvalue weighted by Gasteiger charge is 2.36. The molecule has 2 N–H and O–H groups in total. The normalized spacial score (nSPS) is 23.4. The molecule has 0 radical (unpaired) electrons. The molecule has 1 aliphatic carbocycles. The van der Waals surface area contributed by atoms with Crippen molar-refractivity contribution in [1.82, 2.24) is 4.98 Å². The van der Waals surface area contributed by atoms with E-state index in [0.717, 1.165) is 24.3 Å². The van der Waals surface area contributed by atoms with Gasteiger partial charge in [-0.3, -0.25) is 0 Å². The van der Waals surface area contributed by atoms with Crippen molar-refractivity contribution in [2.75, 3.05) is 0 Å². The molecule has 0 amide bonds. The summed E-state index contributed by atoms with van der Waals surface area (Å²) in [4.78, 5) is 5.73. The van der Waals surface area contributed by atoms with Gasteiger partial charge < -0.3 is 5.73 Å². The maximum atomic E-state index is 6.65. The van der Waals surface area contributed by atoms with Crippen molar-refractivity contribution in [3.63, 3.8) is 0 Å². The average molecular weight is 244 g/mol. The number of nitrogens with two attached hydrogens (primary N) is 1. The molecule has 0 saturated heterocycles. The standard InChI is InChI=1S/C14H16N2S/c1-10-9-16-13(17-10)14(15)8-4-6-11-5-2-3-7-12(11)14/h2-3,5,7,9H,4,6,8,15H2,1H3. The largest absolute Gasteiger partial charge is 0.316 e. The quantitative estimate of drug-likeness (QED) is 0.837. The van der Waals surface area contributed by atoms with Gasteiger partial charge in [0.15, 0.2) is 0 Å². The third-order valence-electron chi connectivity index (χ3n) is 3.52. The SMILES string of the molecule is Cc1cnc(C2(N)CCCc3ccccc32)s1. The van der Waals surface area contributed by atoms with Crippen molar-refractivity contribution in [3.05, 3.63) is 51.5 Å². The molecule has 1 aromatic carbocycles. The Kier molecular flexibility index (Phi) is 2.53. The molecule has 0 bridgehead atoms. The molecule has 1 heterocycles. The molecule has 1 aliphatic rings. The molecule has 0 saturated carbocycles. The lowest BCUT2D eigenvalue weighted by Gasteiger charge is -2.34. The van der Waals surface area contributed by atoms with E-state index in [1.807, 2.05) is 6.20 Å². The number of benzene rings is 1. The van der Waals surface area contributed by atoms with Crippen LogP contribution in [-0.4, -0.2) is 4.98 Å². The fraction of sp³-hybridized carbons (Fsp3) is 0.357. The number of aryl methyl sites for hydroxylation is 2. The van der Waals surface area contributed by atoms with Crippen LogP contribution in [0.25, 0.3) is 0 Å². The van der Waals surface area contributed by atoms with Gasteiger partial charge in [-0.2, -0.15) is 0 Å². The minimum absolute atomic E-state index is 0.367. The lowest BCUT2D eigenvalue weighted by Crippen LogP contribution is -2.41. The fourth-order valence-corrected chi connectivity index (χ4v) is 3.56. The predicted molar refractivity (Wildman–Crippen MR) is 71.2 cm³/mol. The van der Waals surface area contributed by atoms with Crippen molar-refractivity contribution in [2.45, 2.75) is 31.7 Å². The van der Waals surface area contributed by atoms with Gasteiger partial charge in [-0.1, -0.05) is 24.3 Å². The second-order valence-corrected chi connectivity index (χ2v) is 5.99. The van der Waals surface area contributed by atoms with E-state index < -0.39 is 0 Å². The van der Waals surface area contributed by atoms with Crippen molar-refractivity contribution < 1.29 is 0 Å². The second-order valence-electron chi connectivity index (χ2n) is 4.76. The lowest BCUT2D eigenvalue weighted by atomic mass is 9.77. The van der Waals surface area contributed by atoms with Crippen LogP contribution in [0, 0.1) is 6.92 Å². The van der Waals surface area contributed by atoms with Crippen LogP contribution in [0.2, 0.25) is 0 Å². The van der Waals surface area contributed by atoms with Crippen LogP contribution in [0.15, 0.2) is 30.5 Å². The maximum Gasteiger partial charge on any atom is 0.117 e. The number of nitrogens with zero attached hydrogens (tertiary/aromatic N) is 1. The first-order chi connectivity index (χ1) is 8.20. The topological polar surface area (TPSA) is 38.9 Å². The first kappa shape index (κ1) is 10.9. The molecule has 0 fully saturated rings. The summed E-state index contributed by atoms with van der Waals surface area (Å²) in [5, 5.41) is 1.06. The molecule has 2 nitrogen and oxygen atoms in total. The Balaban J connectivity index is 2.15. The number of thiazole rings is 1. The third-order valence-corrected chi connectivity index (χ3v) is 4.61. The Morgan fingerprint density at radius 1 is 1.35 bits per heavy atom. The van der Waals surface area contributed by atoms with Crippen LogP contribution >= 0.6 is 11.3 Å². The van der Waals surface area contributed by atoms with E-state index >= 15 is 0 Å². The number of hydrogen-bond acceptors (Lipinski definition) is 3. The summed E-state index contributed by atoms with van der Waals surface area (Å²) >= 11 is 1.72. The summed E-state index contributed by atoms with van der Waals surface area (Å²) < 4.78 is 0. The van der Waals surface area contributed by atoms with Gasteiger partial charge in [-0.25, -0.2) is 4.98 Å². The van der Waals surface area contributed by atoms with Gasteiger partial charge in [-0.05, 0) is 37.3 Å². The van der Waals surface area contributed by atoms with Crippen LogP contribution in [0.1, 0.15) is 33.9 Å². The highest BCUT2D eigenvalue weighted by Crippen LogP contribution is 2.39. The molecular weight excluding hydrogens is 228 g/mol. The van der Waals surface area contributed by atoms with Gasteiger partial charge in [0, 0.05) is 11.1 Å². The Bertz CT molecular complexity index is 547. The van der Waals surface area contributed by atoms with E-state index in [1.54, 1.807) is 11.3 Å². The zero-order chi connectivity index (χ0) is 11.9. The van der Waals surface area contributed by atoms with Gasteiger partial charge in [0.25, 0.3) is 0 Å². The zero-order valence-corrected chi connectivity index (χ0v) is 10.8. The molecule has 3 heteroatoms. The van der Waals surface area contributed by atoms with Crippen molar-refractivity contribution in [2.24, 2.45) is 5.73 Å². The Morgan fingerprint density at radius 3 is 2.94 bits per heavy atom. The van der Waals surface area contributed by atoms with Crippen molar-refractivity contribution in [3.8, 4) is 0 Å². The first-order valence-electron chi connectivity index (χ1n) is 6.00. The maximum absolute atomic E-state index is 6.65. The smallest absolute Gasteiger partial charge is 0.117 e. The molecule has 2 aromatic rings. The van der Waals surface area contributed by atoms with E-state index in [-0.39, 0.29) is 5.54 Å². The zero-order valence-electron chi connectivity index (χ0n) is 9.94. The number of aromatic nitrogens is 1. The monoisotopic (exact) mass is 244 g/mol. The predicted octanol–water partition coefficient (Wildman–Crippen LogP) is 2.99. The summed E-state index contributed by atoms with van der Waals surface area (Å²) in [6.45, 7) is 2.08. The van der Waals surface area contributed by atoms with Crippen LogP contribution in [0.4, 0.5) is 0 Å². The van der Waals surface area contributed by atoms with Gasteiger partial charge >= 0.3 is 0 Å². The molecule has 1 unspecified atom stereocenters. The summed E-state index contributed by atoms with van der Waals surface area (Å²) in [5.41, 5.74) is 8.93. The number of fused-ring (bicyclic) bond motifs is 1. The van der Waals surface area contributed by atoms with Crippen molar-refractivity contribution >= 4 is 11.3 Å². The number of rotatable bonds is 1. The highest BCUT2D eigenvalue weighted by molar-refractivity contribution is 7.11. The fourth-order valence-electron chi connectivity index (χ4n) is 2.65. The minimum Gasteiger partial charge on any atom is -0.316 e. The van der Waals surface area contributed by atoms with E-state index in [1.165, 1.54) is 16.0 Å². The molecular formula is C14H16N2S. The Labute approximate surface area is 106 Å². The van der Waals surface area contributed by atoms with E-state index in [2.05, 4.69) is 36.2 Å². The molecule has 1 atom stereocenters.